The fourth-order valence-corrected chi connectivity index (χ4v) is 0.853. The molecule has 1 heterocycles. The minimum absolute atomic E-state index is 0.350. The van der Waals surface area contributed by atoms with Gasteiger partial charge in [0.05, 0.1) is 11.8 Å². The smallest absolute Gasteiger partial charge is 0.150 e. The molecule has 0 aliphatic carbocycles. The zero-order chi connectivity index (χ0) is 9.68. The Morgan fingerprint density at radius 3 is 3.08 bits per heavy atom. The van der Waals surface area contributed by atoms with E-state index in [0.29, 0.717) is 17.4 Å². The van der Waals surface area contributed by atoms with Gasteiger partial charge in [0.25, 0.3) is 0 Å². The second-order valence-corrected chi connectivity index (χ2v) is 2.89. The molecule has 0 saturated heterocycles. The van der Waals surface area contributed by atoms with E-state index in [1.807, 2.05) is 6.07 Å². The lowest BCUT2D eigenvalue weighted by Gasteiger charge is -2.10. The maximum atomic E-state index is 8.61. The van der Waals surface area contributed by atoms with Crippen LogP contribution in [0.4, 0.5) is 5.82 Å². The maximum Gasteiger partial charge on any atom is 0.150 e. The SMILES string of the molecule is CCC(C)Nc1cc(C#N)cnn1. The molecule has 1 aromatic rings. The Labute approximate surface area is 77.6 Å². The van der Waals surface area contributed by atoms with Crippen LogP contribution in [0.3, 0.4) is 0 Å². The minimum atomic E-state index is 0.350. The number of nitriles is 1. The highest BCUT2D eigenvalue weighted by Crippen LogP contribution is 2.06. The molecule has 1 N–H and O–H groups in total. The summed E-state index contributed by atoms with van der Waals surface area (Å²) in [5.74, 6) is 0.661. The standard InChI is InChI=1S/C9H12N4/c1-3-7(2)12-9-4-8(5-10)6-11-13-9/h4,6-7H,3H2,1-2H3,(H,12,13). The molecule has 0 amide bonds. The summed E-state index contributed by atoms with van der Waals surface area (Å²) in [4.78, 5) is 0. The molecule has 1 unspecified atom stereocenters. The first-order valence-corrected chi connectivity index (χ1v) is 4.25. The summed E-state index contributed by atoms with van der Waals surface area (Å²) in [5.41, 5.74) is 0.529. The van der Waals surface area contributed by atoms with Gasteiger partial charge in [0.1, 0.15) is 11.9 Å². The van der Waals surface area contributed by atoms with Crippen molar-refractivity contribution in [3.05, 3.63) is 17.8 Å². The first-order valence-electron chi connectivity index (χ1n) is 4.25. The van der Waals surface area contributed by atoms with Gasteiger partial charge in [-0.3, -0.25) is 0 Å². The van der Waals surface area contributed by atoms with Gasteiger partial charge in [0, 0.05) is 12.1 Å². The lowest BCUT2D eigenvalue weighted by atomic mass is 10.2. The van der Waals surface area contributed by atoms with E-state index in [-0.39, 0.29) is 0 Å². The van der Waals surface area contributed by atoms with E-state index in [1.54, 1.807) is 6.07 Å². The van der Waals surface area contributed by atoms with Crippen LogP contribution in [-0.4, -0.2) is 16.2 Å². The van der Waals surface area contributed by atoms with Crippen molar-refractivity contribution in [2.75, 3.05) is 5.32 Å². The van der Waals surface area contributed by atoms with Crippen LogP contribution in [0.15, 0.2) is 12.3 Å². The van der Waals surface area contributed by atoms with E-state index in [4.69, 9.17) is 5.26 Å². The highest BCUT2D eigenvalue weighted by molar-refractivity contribution is 5.40. The molecule has 0 radical (unpaired) electrons. The molecular formula is C9H12N4. The summed E-state index contributed by atoms with van der Waals surface area (Å²) in [5, 5.41) is 19.3. The van der Waals surface area contributed by atoms with Crippen molar-refractivity contribution in [1.82, 2.24) is 10.2 Å². The topological polar surface area (TPSA) is 61.6 Å². The van der Waals surface area contributed by atoms with Crippen molar-refractivity contribution < 1.29 is 0 Å². The molecule has 0 aliphatic rings. The lowest BCUT2D eigenvalue weighted by molar-refractivity contribution is 0.754. The van der Waals surface area contributed by atoms with Crippen molar-refractivity contribution >= 4 is 5.82 Å². The second kappa shape index (κ2) is 4.41. The van der Waals surface area contributed by atoms with Crippen molar-refractivity contribution in [3.63, 3.8) is 0 Å². The predicted octanol–water partition coefficient (Wildman–Crippen LogP) is 1.56. The molecule has 0 saturated carbocycles. The van der Waals surface area contributed by atoms with E-state index >= 15 is 0 Å². The van der Waals surface area contributed by atoms with E-state index in [1.165, 1.54) is 6.20 Å². The van der Waals surface area contributed by atoms with Crippen LogP contribution < -0.4 is 5.32 Å². The average molecular weight is 176 g/mol. The highest BCUT2D eigenvalue weighted by atomic mass is 15.2. The zero-order valence-corrected chi connectivity index (χ0v) is 7.78. The maximum absolute atomic E-state index is 8.61. The molecule has 0 aromatic carbocycles. The van der Waals surface area contributed by atoms with Crippen LogP contribution in [0.2, 0.25) is 0 Å². The summed E-state index contributed by atoms with van der Waals surface area (Å²) < 4.78 is 0. The summed E-state index contributed by atoms with van der Waals surface area (Å²) in [7, 11) is 0. The van der Waals surface area contributed by atoms with Gasteiger partial charge in [-0.25, -0.2) is 0 Å². The van der Waals surface area contributed by atoms with Crippen molar-refractivity contribution in [1.29, 1.82) is 5.26 Å². The van der Waals surface area contributed by atoms with Gasteiger partial charge in [0.2, 0.25) is 0 Å². The molecule has 0 bridgehead atoms. The van der Waals surface area contributed by atoms with Crippen molar-refractivity contribution in [2.24, 2.45) is 0 Å². The van der Waals surface area contributed by atoms with Crippen LogP contribution in [0, 0.1) is 11.3 Å². The number of nitrogens with zero attached hydrogens (tertiary/aromatic N) is 3. The third kappa shape index (κ3) is 2.71. The fourth-order valence-electron chi connectivity index (χ4n) is 0.853. The van der Waals surface area contributed by atoms with Gasteiger partial charge in [-0.1, -0.05) is 6.92 Å². The number of rotatable bonds is 3. The molecule has 0 aliphatic heterocycles. The molecule has 0 spiro atoms. The van der Waals surface area contributed by atoms with Crippen molar-refractivity contribution in [3.8, 4) is 6.07 Å². The van der Waals surface area contributed by atoms with Gasteiger partial charge < -0.3 is 5.32 Å². The van der Waals surface area contributed by atoms with Crippen LogP contribution in [0.5, 0.6) is 0 Å². The molecule has 68 valence electrons. The monoisotopic (exact) mass is 176 g/mol. The van der Waals surface area contributed by atoms with E-state index < -0.39 is 0 Å². The Morgan fingerprint density at radius 2 is 2.46 bits per heavy atom. The molecule has 4 nitrogen and oxygen atoms in total. The van der Waals surface area contributed by atoms with E-state index in [0.717, 1.165) is 6.42 Å². The minimum Gasteiger partial charge on any atom is -0.366 e. The van der Waals surface area contributed by atoms with E-state index in [2.05, 4.69) is 29.4 Å². The molecule has 0 fully saturated rings. The predicted molar refractivity (Wildman–Crippen MR) is 50.1 cm³/mol. The van der Waals surface area contributed by atoms with Gasteiger partial charge >= 0.3 is 0 Å². The number of aromatic nitrogens is 2. The molecule has 1 atom stereocenters. The molecule has 1 rings (SSSR count). The van der Waals surface area contributed by atoms with Crippen LogP contribution in [-0.2, 0) is 0 Å². The van der Waals surface area contributed by atoms with Crippen LogP contribution in [0.1, 0.15) is 25.8 Å². The van der Waals surface area contributed by atoms with E-state index in [9.17, 15) is 0 Å². The Balaban J connectivity index is 2.73. The molecule has 4 heteroatoms. The quantitative estimate of drug-likeness (QED) is 0.759. The number of hydrogen-bond acceptors (Lipinski definition) is 4. The van der Waals surface area contributed by atoms with Gasteiger partial charge in [-0.05, 0) is 13.3 Å². The third-order valence-corrected chi connectivity index (χ3v) is 1.79. The van der Waals surface area contributed by atoms with Gasteiger partial charge in [-0.15, -0.1) is 5.10 Å². The number of anilines is 1. The first kappa shape index (κ1) is 9.46. The van der Waals surface area contributed by atoms with Crippen LogP contribution >= 0.6 is 0 Å². The first-order chi connectivity index (χ1) is 6.26. The average Bonchev–Trinajstić information content (AvgIpc) is 2.18. The lowest BCUT2D eigenvalue weighted by Crippen LogP contribution is -2.14. The molecule has 1 aromatic heterocycles. The number of nitrogens with one attached hydrogen (secondary N) is 1. The third-order valence-electron chi connectivity index (χ3n) is 1.79. The Kier molecular flexibility index (Phi) is 3.21. The van der Waals surface area contributed by atoms with Gasteiger partial charge in [-0.2, -0.15) is 10.4 Å². The van der Waals surface area contributed by atoms with Crippen LogP contribution in [0.25, 0.3) is 0 Å². The summed E-state index contributed by atoms with van der Waals surface area (Å²) in [6.45, 7) is 4.14. The summed E-state index contributed by atoms with van der Waals surface area (Å²) >= 11 is 0. The number of hydrogen-bond donors (Lipinski definition) is 1. The normalized spacial score (nSPS) is 11.8. The highest BCUT2D eigenvalue weighted by Gasteiger charge is 2.01. The van der Waals surface area contributed by atoms with Gasteiger partial charge in [0.15, 0.2) is 0 Å². The Bertz CT molecular complexity index is 316. The largest absolute Gasteiger partial charge is 0.366 e. The summed E-state index contributed by atoms with van der Waals surface area (Å²) in [6.07, 6.45) is 2.46. The molecule has 13 heavy (non-hydrogen) atoms. The Hall–Kier alpha value is -1.63. The molecular weight excluding hydrogens is 164 g/mol. The fraction of sp³-hybridized carbons (Fsp3) is 0.444. The second-order valence-electron chi connectivity index (χ2n) is 2.89. The Morgan fingerprint density at radius 1 is 1.69 bits per heavy atom. The van der Waals surface area contributed by atoms with Crippen molar-refractivity contribution in [2.45, 2.75) is 26.3 Å². The summed E-state index contributed by atoms with van der Waals surface area (Å²) in [6, 6.07) is 4.06. The zero-order valence-electron chi connectivity index (χ0n) is 7.78.